The van der Waals surface area contributed by atoms with Crippen LogP contribution >= 0.6 is 0 Å². The van der Waals surface area contributed by atoms with Crippen LogP contribution in [0.5, 0.6) is 0 Å². The van der Waals surface area contributed by atoms with E-state index >= 15 is 0 Å². The molecule has 39 heavy (non-hydrogen) atoms. The highest BCUT2D eigenvalue weighted by atomic mass is 16.5. The van der Waals surface area contributed by atoms with Crippen LogP contribution in [0.1, 0.15) is 37.8 Å². The van der Waals surface area contributed by atoms with Crippen molar-refractivity contribution >= 4 is 17.6 Å². The first kappa shape index (κ1) is 27.2. The maximum atomic E-state index is 13.5. The van der Waals surface area contributed by atoms with Crippen molar-refractivity contribution in [2.24, 2.45) is 5.73 Å². The Labute approximate surface area is 228 Å². The van der Waals surface area contributed by atoms with Crippen LogP contribution in [-0.4, -0.2) is 26.2 Å². The molecule has 1 aliphatic heterocycles. The number of carbonyl (C=O) groups excluding carboxylic acids is 2. The minimum absolute atomic E-state index is 0.0276. The third-order valence-electron chi connectivity index (χ3n) is 6.80. The molecule has 7 nitrogen and oxygen atoms in total. The zero-order valence-corrected chi connectivity index (χ0v) is 22.7. The van der Waals surface area contributed by atoms with E-state index in [4.69, 9.17) is 15.2 Å². The van der Waals surface area contributed by atoms with E-state index in [2.05, 4.69) is 26.8 Å². The van der Waals surface area contributed by atoms with Crippen molar-refractivity contribution in [1.29, 1.82) is 5.26 Å². The van der Waals surface area contributed by atoms with Crippen LogP contribution < -0.4 is 10.6 Å². The molecule has 0 saturated heterocycles. The van der Waals surface area contributed by atoms with Gasteiger partial charge in [0, 0.05) is 5.56 Å². The van der Waals surface area contributed by atoms with E-state index in [1.54, 1.807) is 24.3 Å². The summed E-state index contributed by atoms with van der Waals surface area (Å²) in [7, 11) is 2.47. The van der Waals surface area contributed by atoms with E-state index in [1.165, 1.54) is 19.1 Å². The molecule has 1 unspecified atom stereocenters. The van der Waals surface area contributed by atoms with Crippen molar-refractivity contribution in [3.63, 3.8) is 0 Å². The largest absolute Gasteiger partial charge is 0.466 e. The highest BCUT2D eigenvalue weighted by Gasteiger charge is 2.43. The van der Waals surface area contributed by atoms with Crippen molar-refractivity contribution in [1.82, 2.24) is 0 Å². The van der Waals surface area contributed by atoms with Gasteiger partial charge in [-0.1, -0.05) is 87.5 Å². The predicted molar refractivity (Wildman–Crippen MR) is 150 cm³/mol. The summed E-state index contributed by atoms with van der Waals surface area (Å²) in [6, 6.07) is 26.7. The normalized spacial score (nSPS) is 15.6. The Bertz CT molecular complexity index is 1510. The first-order valence-corrected chi connectivity index (χ1v) is 12.5. The third kappa shape index (κ3) is 5.01. The van der Waals surface area contributed by atoms with Crippen LogP contribution in [0.3, 0.4) is 0 Å². The van der Waals surface area contributed by atoms with Gasteiger partial charge in [0.15, 0.2) is 0 Å². The predicted octanol–water partition coefficient (Wildman–Crippen LogP) is 5.55. The number of rotatable bonds is 5. The zero-order valence-electron chi connectivity index (χ0n) is 22.7. The molecule has 0 aromatic heterocycles. The van der Waals surface area contributed by atoms with Gasteiger partial charge < -0.3 is 15.2 Å². The minimum Gasteiger partial charge on any atom is -0.466 e. The first-order chi connectivity index (χ1) is 18.6. The molecule has 1 aliphatic rings. The molecule has 7 heteroatoms. The number of nitrogens with two attached hydrogens (primary N) is 1. The fraction of sp³-hybridized carbons (Fsp3) is 0.219. The minimum atomic E-state index is -0.928. The highest BCUT2D eigenvalue weighted by Crippen LogP contribution is 2.46. The number of hydrogen-bond donors (Lipinski definition) is 1. The van der Waals surface area contributed by atoms with Gasteiger partial charge in [-0.25, -0.2) is 9.59 Å². The molecular weight excluding hydrogens is 490 g/mol. The molecule has 4 rings (SSSR count). The Kier molecular flexibility index (Phi) is 7.59. The molecule has 0 aliphatic carbocycles. The number of ether oxygens (including phenoxy) is 2. The molecule has 198 valence electrons. The summed E-state index contributed by atoms with van der Waals surface area (Å²) < 4.78 is 10.3. The van der Waals surface area contributed by atoms with Crippen LogP contribution in [-0.2, 0) is 24.5 Å². The Morgan fingerprint density at radius 1 is 0.897 bits per heavy atom. The average molecular weight is 522 g/mol. The van der Waals surface area contributed by atoms with Crippen molar-refractivity contribution in [3.8, 4) is 17.2 Å². The third-order valence-corrected chi connectivity index (χ3v) is 6.80. The number of anilines is 1. The van der Waals surface area contributed by atoms with E-state index in [0.717, 1.165) is 16.7 Å². The van der Waals surface area contributed by atoms with Gasteiger partial charge in [-0.2, -0.15) is 5.26 Å². The number of methoxy groups -OCH3 is 2. The molecule has 1 heterocycles. The second kappa shape index (κ2) is 10.9. The van der Waals surface area contributed by atoms with Gasteiger partial charge >= 0.3 is 11.9 Å². The number of nitrogens with zero attached hydrogens (tertiary/aromatic N) is 2. The van der Waals surface area contributed by atoms with Gasteiger partial charge in [-0.05, 0) is 34.2 Å². The number of esters is 2. The summed E-state index contributed by atoms with van der Waals surface area (Å²) in [5.74, 6) is -2.44. The fourth-order valence-corrected chi connectivity index (χ4v) is 4.81. The molecule has 1 atom stereocenters. The topological polar surface area (TPSA) is 106 Å². The van der Waals surface area contributed by atoms with Crippen molar-refractivity contribution < 1.29 is 19.1 Å². The fourth-order valence-electron chi connectivity index (χ4n) is 4.81. The molecule has 0 bridgehead atoms. The lowest BCUT2D eigenvalue weighted by Crippen LogP contribution is -2.41. The molecular formula is C32H31N3O4. The summed E-state index contributed by atoms with van der Waals surface area (Å²) in [5, 5.41) is 10.3. The monoisotopic (exact) mass is 521 g/mol. The summed E-state index contributed by atoms with van der Waals surface area (Å²) in [6.45, 7) is 6.33. The molecule has 0 radical (unpaired) electrons. The lowest BCUT2D eigenvalue weighted by Gasteiger charge is -2.37. The van der Waals surface area contributed by atoms with E-state index in [0.29, 0.717) is 11.3 Å². The lowest BCUT2D eigenvalue weighted by atomic mass is 9.80. The van der Waals surface area contributed by atoms with E-state index < -0.39 is 17.9 Å². The zero-order chi connectivity index (χ0) is 28.3. The number of allylic oxidation sites excluding steroid dienone is 1. The first-order valence-electron chi connectivity index (χ1n) is 12.5. The molecule has 2 N–H and O–H groups in total. The summed E-state index contributed by atoms with van der Waals surface area (Å²) >= 11 is 0. The SMILES string of the molecule is COC(=O)C1=C(C(=O)OC)N(c2ccc(C(C)(C)C)cc2-c2ccccc2)C(N)=C(C#N)C1c1ccccc1. The quantitative estimate of drug-likeness (QED) is 0.439. The van der Waals surface area contributed by atoms with Gasteiger partial charge in [0.05, 0.1) is 43.0 Å². The van der Waals surface area contributed by atoms with Crippen molar-refractivity contribution in [2.45, 2.75) is 32.1 Å². The Balaban J connectivity index is 2.13. The van der Waals surface area contributed by atoms with E-state index in [1.807, 2.05) is 54.6 Å². The van der Waals surface area contributed by atoms with Gasteiger partial charge in [-0.15, -0.1) is 0 Å². The Morgan fingerprint density at radius 2 is 1.49 bits per heavy atom. The Hall–Kier alpha value is -4.83. The summed E-state index contributed by atoms with van der Waals surface area (Å²) in [4.78, 5) is 28.3. The van der Waals surface area contributed by atoms with E-state index in [-0.39, 0.29) is 28.1 Å². The van der Waals surface area contributed by atoms with Crippen LogP contribution in [0.4, 0.5) is 5.69 Å². The molecule has 0 fully saturated rings. The molecule has 0 saturated carbocycles. The lowest BCUT2D eigenvalue weighted by molar-refractivity contribution is -0.139. The molecule has 3 aromatic rings. The van der Waals surface area contributed by atoms with Crippen LogP contribution in [0, 0.1) is 11.3 Å². The van der Waals surface area contributed by atoms with Gasteiger partial charge in [-0.3, -0.25) is 4.90 Å². The smallest absolute Gasteiger partial charge is 0.355 e. The molecule has 0 amide bonds. The second-order valence-corrected chi connectivity index (χ2v) is 10.2. The molecule has 3 aromatic carbocycles. The van der Waals surface area contributed by atoms with Crippen molar-refractivity contribution in [3.05, 3.63) is 113 Å². The average Bonchev–Trinajstić information content (AvgIpc) is 2.95. The Morgan fingerprint density at radius 3 is 2.03 bits per heavy atom. The second-order valence-electron chi connectivity index (χ2n) is 10.2. The summed E-state index contributed by atoms with van der Waals surface area (Å²) in [5.41, 5.74) is 10.4. The standard InChI is InChI=1S/C32H31N3O4/c1-32(2,3)22-16-17-25(23(18-22)20-12-8-6-9-13-20)35-28(31(37)39-5)27(30(36)38-4)26(24(19-33)29(35)34)21-14-10-7-11-15-21/h6-18,26H,34H2,1-5H3. The molecule has 0 spiro atoms. The van der Waals surface area contributed by atoms with Gasteiger partial charge in [0.2, 0.25) is 0 Å². The number of benzene rings is 3. The van der Waals surface area contributed by atoms with Gasteiger partial charge in [0.25, 0.3) is 0 Å². The maximum absolute atomic E-state index is 13.5. The van der Waals surface area contributed by atoms with Gasteiger partial charge in [0.1, 0.15) is 11.5 Å². The number of nitriles is 1. The number of carbonyl (C=O) groups is 2. The van der Waals surface area contributed by atoms with Crippen molar-refractivity contribution in [2.75, 3.05) is 19.1 Å². The summed E-state index contributed by atoms with van der Waals surface area (Å²) in [6.07, 6.45) is 0. The van der Waals surface area contributed by atoms with Crippen LogP contribution in [0.25, 0.3) is 11.1 Å². The highest BCUT2D eigenvalue weighted by molar-refractivity contribution is 6.07. The number of hydrogen-bond acceptors (Lipinski definition) is 7. The van der Waals surface area contributed by atoms with E-state index in [9.17, 15) is 14.9 Å². The van der Waals surface area contributed by atoms with Crippen LogP contribution in [0.2, 0.25) is 0 Å². The van der Waals surface area contributed by atoms with Crippen LogP contribution in [0.15, 0.2) is 102 Å². The maximum Gasteiger partial charge on any atom is 0.355 e.